The molecule has 0 saturated carbocycles. The third-order valence-electron chi connectivity index (χ3n) is 4.55. The Bertz CT molecular complexity index is 1090. The minimum Gasteiger partial charge on any atom is -0.492 e. The zero-order valence-corrected chi connectivity index (χ0v) is 13.8. The maximum absolute atomic E-state index is 13.5. The van der Waals surface area contributed by atoms with Gasteiger partial charge >= 0.3 is 0 Å². The summed E-state index contributed by atoms with van der Waals surface area (Å²) < 4.78 is 23.1. The summed E-state index contributed by atoms with van der Waals surface area (Å²) in [6, 6.07) is 17.4. The lowest BCUT2D eigenvalue weighted by Crippen LogP contribution is -2.36. The second-order valence-corrected chi connectivity index (χ2v) is 7.04. The normalized spacial score (nSPS) is 13.9. The van der Waals surface area contributed by atoms with Gasteiger partial charge in [-0.1, -0.05) is 23.5 Å². The third-order valence-corrected chi connectivity index (χ3v) is 5.81. The van der Waals surface area contributed by atoms with Gasteiger partial charge in [-0.2, -0.15) is 4.57 Å². The number of rotatable bonds is 0. The molecule has 5 rings (SSSR count). The summed E-state index contributed by atoms with van der Waals surface area (Å²) in [7, 11) is 0. The maximum atomic E-state index is 13.5. The van der Waals surface area contributed by atoms with Crippen molar-refractivity contribution in [2.45, 2.75) is 13.0 Å². The smallest absolute Gasteiger partial charge is 0.273 e. The molecule has 0 N–H and O–H groups in total. The van der Waals surface area contributed by atoms with Crippen LogP contribution in [0.1, 0.15) is 6.42 Å². The van der Waals surface area contributed by atoms with E-state index in [1.54, 1.807) is 23.5 Å². The van der Waals surface area contributed by atoms with Crippen LogP contribution in [0.2, 0.25) is 0 Å². The molecular formula is C20H15FNOS+. The van der Waals surface area contributed by atoms with Crippen LogP contribution in [-0.4, -0.2) is 6.61 Å². The number of halogens is 1. The molecule has 4 aromatic rings. The van der Waals surface area contributed by atoms with E-state index in [1.807, 2.05) is 30.3 Å². The molecule has 0 fully saturated rings. The Kier molecular flexibility index (Phi) is 3.06. The lowest BCUT2D eigenvalue weighted by molar-refractivity contribution is -0.657. The van der Waals surface area contributed by atoms with E-state index in [0.29, 0.717) is 0 Å². The van der Waals surface area contributed by atoms with Gasteiger partial charge in [-0.15, -0.1) is 0 Å². The fourth-order valence-corrected chi connectivity index (χ4v) is 4.79. The molecule has 0 amide bonds. The average molecular weight is 336 g/mol. The van der Waals surface area contributed by atoms with E-state index >= 15 is 0 Å². The van der Waals surface area contributed by atoms with Gasteiger partial charge in [0.25, 0.3) is 5.01 Å². The number of benzene rings is 3. The number of thiazole rings is 1. The van der Waals surface area contributed by atoms with Crippen LogP contribution < -0.4 is 9.30 Å². The minimum atomic E-state index is -0.192. The molecule has 3 aromatic carbocycles. The van der Waals surface area contributed by atoms with Crippen LogP contribution in [0.5, 0.6) is 5.75 Å². The number of fused-ring (bicyclic) bond motifs is 7. The minimum absolute atomic E-state index is 0.192. The van der Waals surface area contributed by atoms with Crippen molar-refractivity contribution in [2.75, 3.05) is 6.61 Å². The van der Waals surface area contributed by atoms with Crippen molar-refractivity contribution in [1.82, 2.24) is 0 Å². The van der Waals surface area contributed by atoms with Crippen molar-refractivity contribution < 1.29 is 13.7 Å². The third kappa shape index (κ3) is 2.03. The zero-order valence-electron chi connectivity index (χ0n) is 13.0. The highest BCUT2D eigenvalue weighted by Gasteiger charge is 2.27. The summed E-state index contributed by atoms with van der Waals surface area (Å²) in [5, 5.41) is 3.26. The second kappa shape index (κ2) is 5.28. The molecule has 2 nitrogen and oxygen atoms in total. The Balaban J connectivity index is 1.88. The van der Waals surface area contributed by atoms with Crippen molar-refractivity contribution in [3.8, 4) is 16.3 Å². The Hall–Kier alpha value is -2.46. The fraction of sp³-hybridized carbons (Fsp3) is 0.150. The quantitative estimate of drug-likeness (QED) is 0.415. The van der Waals surface area contributed by atoms with Crippen LogP contribution >= 0.6 is 11.3 Å². The van der Waals surface area contributed by atoms with E-state index < -0.39 is 0 Å². The first-order chi connectivity index (χ1) is 11.8. The highest BCUT2D eigenvalue weighted by atomic mass is 32.1. The molecule has 0 atom stereocenters. The summed E-state index contributed by atoms with van der Waals surface area (Å²) in [5.41, 5.74) is 2.35. The molecule has 1 aromatic heterocycles. The van der Waals surface area contributed by atoms with Crippen LogP contribution in [0, 0.1) is 5.82 Å². The fourth-order valence-electron chi connectivity index (χ4n) is 3.44. The van der Waals surface area contributed by atoms with Crippen molar-refractivity contribution in [2.24, 2.45) is 0 Å². The summed E-state index contributed by atoms with van der Waals surface area (Å²) >= 11 is 1.76. The Morgan fingerprint density at radius 3 is 2.92 bits per heavy atom. The SMILES string of the molecule is Fc1ccc2c(ccc3c2sc2[n+]3CCCOc3ccccc3-2)c1. The van der Waals surface area contributed by atoms with E-state index in [-0.39, 0.29) is 5.82 Å². The molecule has 0 unspecified atom stereocenters. The molecule has 2 heterocycles. The van der Waals surface area contributed by atoms with E-state index in [2.05, 4.69) is 16.7 Å². The molecule has 1 aliphatic heterocycles. The van der Waals surface area contributed by atoms with Crippen LogP contribution in [0.25, 0.3) is 31.6 Å². The van der Waals surface area contributed by atoms with Gasteiger partial charge in [-0.05, 0) is 41.8 Å². The first-order valence-electron chi connectivity index (χ1n) is 8.08. The first kappa shape index (κ1) is 13.9. The van der Waals surface area contributed by atoms with Gasteiger partial charge in [-0.25, -0.2) is 4.39 Å². The second-order valence-electron chi connectivity index (χ2n) is 6.04. The predicted octanol–water partition coefficient (Wildman–Crippen LogP) is 4.93. The summed E-state index contributed by atoms with van der Waals surface area (Å²) in [4.78, 5) is 0. The monoisotopic (exact) mass is 336 g/mol. The molecule has 0 spiro atoms. The number of nitrogens with zero attached hydrogens (tertiary/aromatic N) is 1. The van der Waals surface area contributed by atoms with Crippen LogP contribution in [-0.2, 0) is 6.54 Å². The van der Waals surface area contributed by atoms with Gasteiger partial charge in [0.15, 0.2) is 6.54 Å². The zero-order chi connectivity index (χ0) is 16.1. The highest BCUT2D eigenvalue weighted by Crippen LogP contribution is 2.38. The number of hydrogen-bond acceptors (Lipinski definition) is 2. The Morgan fingerprint density at radius 2 is 1.96 bits per heavy atom. The van der Waals surface area contributed by atoms with Gasteiger partial charge in [0.1, 0.15) is 16.3 Å². The number of aromatic nitrogens is 1. The van der Waals surface area contributed by atoms with Gasteiger partial charge in [0, 0.05) is 17.9 Å². The standard InChI is InChI=1S/C20H15FNOS/c21-14-7-8-15-13(12-14)6-9-17-19(15)24-20-16-4-1-2-5-18(16)23-11-3-10-22(17)20/h1-2,4-9,12H,3,10-11H2/q+1. The molecular weight excluding hydrogens is 321 g/mol. The van der Waals surface area contributed by atoms with Crippen LogP contribution in [0.3, 0.4) is 0 Å². The summed E-state index contributed by atoms with van der Waals surface area (Å²) in [6.07, 6.45) is 0.972. The molecule has 0 bridgehead atoms. The molecule has 0 aliphatic carbocycles. The van der Waals surface area contributed by atoms with E-state index in [9.17, 15) is 4.39 Å². The predicted molar refractivity (Wildman–Crippen MR) is 95.0 cm³/mol. The number of para-hydroxylation sites is 1. The van der Waals surface area contributed by atoms with Crippen LogP contribution in [0.4, 0.5) is 4.39 Å². The number of ether oxygens (including phenoxy) is 1. The van der Waals surface area contributed by atoms with Gasteiger partial charge in [0.05, 0.1) is 12.2 Å². The first-order valence-corrected chi connectivity index (χ1v) is 8.90. The molecule has 24 heavy (non-hydrogen) atoms. The largest absolute Gasteiger partial charge is 0.492 e. The van der Waals surface area contributed by atoms with Gasteiger partial charge in [0.2, 0.25) is 5.52 Å². The number of hydrogen-bond donors (Lipinski definition) is 0. The van der Waals surface area contributed by atoms with E-state index in [0.717, 1.165) is 41.7 Å². The topological polar surface area (TPSA) is 13.1 Å². The molecule has 4 heteroatoms. The molecule has 118 valence electrons. The Labute approximate surface area is 142 Å². The molecule has 0 radical (unpaired) electrons. The van der Waals surface area contributed by atoms with Gasteiger partial charge < -0.3 is 4.74 Å². The van der Waals surface area contributed by atoms with E-state index in [1.165, 1.54) is 15.2 Å². The van der Waals surface area contributed by atoms with E-state index in [4.69, 9.17) is 4.74 Å². The van der Waals surface area contributed by atoms with Crippen molar-refractivity contribution in [1.29, 1.82) is 0 Å². The van der Waals surface area contributed by atoms with Crippen molar-refractivity contribution >= 4 is 32.3 Å². The number of aryl methyl sites for hydroxylation is 1. The highest BCUT2D eigenvalue weighted by molar-refractivity contribution is 7.22. The maximum Gasteiger partial charge on any atom is 0.273 e. The average Bonchev–Trinajstić information content (AvgIpc) is 2.94. The van der Waals surface area contributed by atoms with Crippen molar-refractivity contribution in [3.05, 3.63) is 60.4 Å². The molecule has 0 saturated heterocycles. The Morgan fingerprint density at radius 1 is 1.04 bits per heavy atom. The lowest BCUT2D eigenvalue weighted by atomic mass is 10.1. The van der Waals surface area contributed by atoms with Gasteiger partial charge in [-0.3, -0.25) is 0 Å². The summed E-state index contributed by atoms with van der Waals surface area (Å²) in [6.45, 7) is 1.65. The summed E-state index contributed by atoms with van der Waals surface area (Å²) in [5.74, 6) is 0.746. The van der Waals surface area contributed by atoms with Crippen molar-refractivity contribution in [3.63, 3.8) is 0 Å². The molecule has 1 aliphatic rings. The lowest BCUT2D eigenvalue weighted by Gasteiger charge is -2.11. The van der Waals surface area contributed by atoms with Crippen LogP contribution in [0.15, 0.2) is 54.6 Å².